The fourth-order valence-electron chi connectivity index (χ4n) is 2.01. The maximum atomic E-state index is 4.30. The van der Waals surface area contributed by atoms with Gasteiger partial charge in [0.2, 0.25) is 0 Å². The quantitative estimate of drug-likeness (QED) is 0.780. The summed E-state index contributed by atoms with van der Waals surface area (Å²) in [6.45, 7) is 5.16. The minimum Gasteiger partial charge on any atom is -0.369 e. The summed E-state index contributed by atoms with van der Waals surface area (Å²) in [7, 11) is 2.13. The number of halogens is 1. The van der Waals surface area contributed by atoms with Crippen molar-refractivity contribution in [2.45, 2.75) is 25.7 Å². The molecular weight excluding hydrogens is 308 g/mol. The summed E-state index contributed by atoms with van der Waals surface area (Å²) >= 11 is 5.22. The number of benzene rings is 1. The van der Waals surface area contributed by atoms with E-state index in [9.17, 15) is 0 Å². The lowest BCUT2D eigenvalue weighted by molar-refractivity contribution is 0.920. The van der Waals surface area contributed by atoms with Crippen LogP contribution in [0.2, 0.25) is 0 Å². The third-order valence-corrected chi connectivity index (χ3v) is 4.62. The number of hydrogen-bond acceptors (Lipinski definition) is 3. The van der Waals surface area contributed by atoms with Gasteiger partial charge in [-0.15, -0.1) is 11.3 Å². The molecule has 0 atom stereocenters. The summed E-state index contributed by atoms with van der Waals surface area (Å²) in [5.74, 6) is 0. The Morgan fingerprint density at radius 3 is 2.67 bits per heavy atom. The average Bonchev–Trinajstić information content (AvgIpc) is 2.74. The van der Waals surface area contributed by atoms with Crippen LogP contribution in [0.25, 0.3) is 0 Å². The van der Waals surface area contributed by atoms with Gasteiger partial charge in [0.1, 0.15) is 0 Å². The molecule has 1 heterocycles. The lowest BCUT2D eigenvalue weighted by Crippen LogP contribution is -2.17. The van der Waals surface area contributed by atoms with E-state index in [1.54, 1.807) is 11.3 Å². The minimum atomic E-state index is 0.909. The fourth-order valence-corrected chi connectivity index (χ4v) is 3.19. The highest BCUT2D eigenvalue weighted by Crippen LogP contribution is 2.24. The zero-order valence-electron chi connectivity index (χ0n) is 10.9. The molecule has 1 aromatic carbocycles. The van der Waals surface area contributed by atoms with Crippen molar-refractivity contribution in [2.24, 2.45) is 0 Å². The molecule has 0 N–H and O–H groups in total. The van der Waals surface area contributed by atoms with Crippen LogP contribution >= 0.6 is 27.3 Å². The fraction of sp³-hybridized carbons (Fsp3) is 0.357. The Morgan fingerprint density at radius 1 is 1.33 bits per heavy atom. The van der Waals surface area contributed by atoms with Gasteiger partial charge in [-0.3, -0.25) is 0 Å². The Labute approximate surface area is 121 Å². The van der Waals surface area contributed by atoms with Gasteiger partial charge < -0.3 is 4.90 Å². The van der Waals surface area contributed by atoms with Gasteiger partial charge >= 0.3 is 0 Å². The van der Waals surface area contributed by atoms with Gasteiger partial charge in [0.25, 0.3) is 0 Å². The molecule has 0 spiro atoms. The number of alkyl halides is 1. The zero-order valence-corrected chi connectivity index (χ0v) is 13.3. The van der Waals surface area contributed by atoms with E-state index in [0.717, 1.165) is 17.6 Å². The molecule has 0 amide bonds. The Balaban J connectivity index is 2.19. The molecule has 96 valence electrons. The lowest BCUT2D eigenvalue weighted by Gasteiger charge is -2.21. The van der Waals surface area contributed by atoms with Gasteiger partial charge in [-0.1, -0.05) is 28.1 Å². The smallest absolute Gasteiger partial charge is 0.0798 e. The molecule has 2 nitrogen and oxygen atoms in total. The number of nitrogens with zero attached hydrogens (tertiary/aromatic N) is 2. The van der Waals surface area contributed by atoms with E-state index in [1.807, 2.05) is 5.51 Å². The Morgan fingerprint density at radius 2 is 2.11 bits per heavy atom. The minimum absolute atomic E-state index is 0.909. The van der Waals surface area contributed by atoms with Gasteiger partial charge in [0.05, 0.1) is 17.7 Å². The van der Waals surface area contributed by atoms with Crippen molar-refractivity contribution in [3.8, 4) is 0 Å². The van der Waals surface area contributed by atoms with Crippen LogP contribution in [0.15, 0.2) is 23.7 Å². The Hall–Kier alpha value is -0.870. The number of anilines is 1. The van der Waals surface area contributed by atoms with E-state index >= 15 is 0 Å². The first kappa shape index (κ1) is 13.6. The largest absolute Gasteiger partial charge is 0.369 e. The van der Waals surface area contributed by atoms with Gasteiger partial charge in [-0.2, -0.15) is 0 Å². The average molecular weight is 325 g/mol. The van der Waals surface area contributed by atoms with E-state index < -0.39 is 0 Å². The first-order valence-electron chi connectivity index (χ1n) is 5.87. The van der Waals surface area contributed by atoms with Gasteiger partial charge in [0, 0.05) is 22.9 Å². The third-order valence-electron chi connectivity index (χ3n) is 3.05. The van der Waals surface area contributed by atoms with Crippen molar-refractivity contribution >= 4 is 33.0 Å². The van der Waals surface area contributed by atoms with Crippen LogP contribution < -0.4 is 4.90 Å². The SMILES string of the molecule is Cc1cc(CBr)ccc1N(C)Cc1scnc1C. The number of rotatable bonds is 4. The molecule has 0 saturated carbocycles. The second kappa shape index (κ2) is 5.85. The number of aryl methyl sites for hydroxylation is 2. The molecule has 2 rings (SSSR count). The summed E-state index contributed by atoms with van der Waals surface area (Å²) in [6.07, 6.45) is 0. The number of hydrogen-bond donors (Lipinski definition) is 0. The molecule has 0 aliphatic carbocycles. The molecule has 0 bridgehead atoms. The monoisotopic (exact) mass is 324 g/mol. The summed E-state index contributed by atoms with van der Waals surface area (Å²) in [5.41, 5.74) is 6.98. The molecule has 0 radical (unpaired) electrons. The molecule has 0 unspecified atom stereocenters. The molecule has 0 fully saturated rings. The Kier molecular flexibility index (Phi) is 4.40. The first-order valence-corrected chi connectivity index (χ1v) is 7.87. The second-order valence-electron chi connectivity index (χ2n) is 4.47. The van der Waals surface area contributed by atoms with Crippen LogP contribution in [0.3, 0.4) is 0 Å². The van der Waals surface area contributed by atoms with Crippen molar-refractivity contribution < 1.29 is 0 Å². The zero-order chi connectivity index (χ0) is 13.1. The summed E-state index contributed by atoms with van der Waals surface area (Å²) < 4.78 is 0. The van der Waals surface area contributed by atoms with E-state index in [0.29, 0.717) is 0 Å². The summed E-state index contributed by atoms with van der Waals surface area (Å²) in [5, 5.41) is 0.909. The van der Waals surface area contributed by atoms with Crippen LogP contribution in [0.4, 0.5) is 5.69 Å². The third kappa shape index (κ3) is 2.93. The highest BCUT2D eigenvalue weighted by Gasteiger charge is 2.09. The van der Waals surface area contributed by atoms with Crippen molar-refractivity contribution in [1.82, 2.24) is 4.98 Å². The van der Waals surface area contributed by atoms with E-state index in [4.69, 9.17) is 0 Å². The van der Waals surface area contributed by atoms with E-state index in [-0.39, 0.29) is 0 Å². The molecule has 0 aliphatic heterocycles. The molecule has 18 heavy (non-hydrogen) atoms. The molecule has 0 aliphatic rings. The van der Waals surface area contributed by atoms with E-state index in [2.05, 4.69) is 64.9 Å². The number of thiazole rings is 1. The van der Waals surface area contributed by atoms with Gasteiger partial charge in [-0.05, 0) is 31.0 Å². The predicted molar refractivity (Wildman–Crippen MR) is 82.8 cm³/mol. The molecule has 4 heteroatoms. The van der Waals surface area contributed by atoms with E-state index in [1.165, 1.54) is 21.7 Å². The van der Waals surface area contributed by atoms with Crippen molar-refractivity contribution in [3.05, 3.63) is 45.4 Å². The molecular formula is C14H17BrN2S. The van der Waals surface area contributed by atoms with Crippen molar-refractivity contribution in [3.63, 3.8) is 0 Å². The van der Waals surface area contributed by atoms with Crippen LogP contribution in [-0.4, -0.2) is 12.0 Å². The maximum absolute atomic E-state index is 4.30. The maximum Gasteiger partial charge on any atom is 0.0798 e. The topological polar surface area (TPSA) is 16.1 Å². The lowest BCUT2D eigenvalue weighted by atomic mass is 10.1. The van der Waals surface area contributed by atoms with Gasteiger partial charge in [-0.25, -0.2) is 4.98 Å². The standard InChI is InChI=1S/C14H17BrN2S/c1-10-6-12(7-15)4-5-13(10)17(3)8-14-11(2)16-9-18-14/h4-6,9H,7-8H2,1-3H3. The van der Waals surface area contributed by atoms with Crippen LogP contribution in [0, 0.1) is 13.8 Å². The molecule has 2 aromatic rings. The molecule has 1 aromatic heterocycles. The predicted octanol–water partition coefficient (Wildman–Crippen LogP) is 4.29. The number of aromatic nitrogens is 1. The molecule has 0 saturated heterocycles. The van der Waals surface area contributed by atoms with Crippen LogP contribution in [0.1, 0.15) is 21.7 Å². The second-order valence-corrected chi connectivity index (χ2v) is 5.97. The van der Waals surface area contributed by atoms with Crippen molar-refractivity contribution in [2.75, 3.05) is 11.9 Å². The van der Waals surface area contributed by atoms with Gasteiger partial charge in [0.15, 0.2) is 0 Å². The first-order chi connectivity index (χ1) is 8.61. The van der Waals surface area contributed by atoms with Crippen LogP contribution in [-0.2, 0) is 11.9 Å². The normalized spacial score (nSPS) is 10.7. The van der Waals surface area contributed by atoms with Crippen LogP contribution in [0.5, 0.6) is 0 Å². The summed E-state index contributed by atoms with van der Waals surface area (Å²) in [4.78, 5) is 7.92. The highest BCUT2D eigenvalue weighted by atomic mass is 79.9. The highest BCUT2D eigenvalue weighted by molar-refractivity contribution is 9.08. The Bertz CT molecular complexity index is 536. The van der Waals surface area contributed by atoms with Crippen molar-refractivity contribution in [1.29, 1.82) is 0 Å². The summed E-state index contributed by atoms with van der Waals surface area (Å²) in [6, 6.07) is 6.61.